The molecule has 3 rings (SSSR count). The molecule has 92 valence electrons. The number of benzene rings is 1. The molecule has 0 saturated heterocycles. The van der Waals surface area contributed by atoms with Crippen LogP contribution >= 0.6 is 11.6 Å². The van der Waals surface area contributed by atoms with Crippen molar-refractivity contribution in [2.75, 3.05) is 11.9 Å². The molecule has 0 fully saturated rings. The first-order valence-electron chi connectivity index (χ1n) is 6.02. The van der Waals surface area contributed by atoms with E-state index in [-0.39, 0.29) is 0 Å². The second-order valence-electron chi connectivity index (χ2n) is 4.35. The van der Waals surface area contributed by atoms with Gasteiger partial charge in [0, 0.05) is 24.6 Å². The molecule has 4 heteroatoms. The minimum absolute atomic E-state index is 0.643. The fourth-order valence-corrected chi connectivity index (χ4v) is 2.44. The molecule has 2 N–H and O–H groups in total. The quantitative estimate of drug-likeness (QED) is 0.870. The lowest BCUT2D eigenvalue weighted by Gasteiger charge is -2.21. The van der Waals surface area contributed by atoms with Gasteiger partial charge in [0.1, 0.15) is 0 Å². The Balaban J connectivity index is 1.96. The third-order valence-electron chi connectivity index (χ3n) is 3.18. The van der Waals surface area contributed by atoms with E-state index in [1.54, 1.807) is 12.4 Å². The molecule has 1 aromatic carbocycles. The van der Waals surface area contributed by atoms with Crippen LogP contribution in [0.15, 0.2) is 36.7 Å². The van der Waals surface area contributed by atoms with Crippen LogP contribution < -0.4 is 10.6 Å². The van der Waals surface area contributed by atoms with Gasteiger partial charge in [-0.05, 0) is 36.2 Å². The highest BCUT2D eigenvalue weighted by molar-refractivity contribution is 6.33. The van der Waals surface area contributed by atoms with Crippen molar-refractivity contribution < 1.29 is 0 Å². The van der Waals surface area contributed by atoms with Crippen LogP contribution in [0, 0.1) is 0 Å². The fourth-order valence-electron chi connectivity index (χ4n) is 2.27. The number of hydrogen-bond donors (Lipinski definition) is 2. The molecule has 1 aromatic heterocycles. The maximum Gasteiger partial charge on any atom is 0.0824 e. The Labute approximate surface area is 111 Å². The topological polar surface area (TPSA) is 37.0 Å². The Bertz CT molecular complexity index is 569. The van der Waals surface area contributed by atoms with E-state index in [9.17, 15) is 0 Å². The predicted molar refractivity (Wildman–Crippen MR) is 74.4 cm³/mol. The molecule has 0 atom stereocenters. The number of nitrogens with one attached hydrogen (secondary N) is 2. The van der Waals surface area contributed by atoms with Crippen LogP contribution in [0.25, 0.3) is 0 Å². The van der Waals surface area contributed by atoms with Crippen molar-refractivity contribution in [3.63, 3.8) is 0 Å². The van der Waals surface area contributed by atoms with Crippen molar-refractivity contribution in [1.29, 1.82) is 0 Å². The second kappa shape index (κ2) is 4.96. The van der Waals surface area contributed by atoms with Crippen molar-refractivity contribution in [3.05, 3.63) is 52.8 Å². The van der Waals surface area contributed by atoms with Gasteiger partial charge in [-0.3, -0.25) is 4.98 Å². The van der Waals surface area contributed by atoms with Gasteiger partial charge < -0.3 is 10.6 Å². The number of rotatable bonds is 2. The fraction of sp³-hybridized carbons (Fsp3) is 0.214. The number of pyridine rings is 1. The van der Waals surface area contributed by atoms with E-state index in [1.165, 1.54) is 11.1 Å². The summed E-state index contributed by atoms with van der Waals surface area (Å²) in [5.74, 6) is 0. The molecule has 0 aliphatic carbocycles. The summed E-state index contributed by atoms with van der Waals surface area (Å²) in [7, 11) is 0. The molecule has 1 aliphatic heterocycles. The van der Waals surface area contributed by atoms with Crippen molar-refractivity contribution >= 4 is 23.0 Å². The summed E-state index contributed by atoms with van der Waals surface area (Å²) >= 11 is 6.12. The highest BCUT2D eigenvalue weighted by Gasteiger charge is 2.12. The highest BCUT2D eigenvalue weighted by atomic mass is 35.5. The second-order valence-corrected chi connectivity index (χ2v) is 4.76. The van der Waals surface area contributed by atoms with Crippen LogP contribution in [0.2, 0.25) is 5.02 Å². The molecular weight excluding hydrogens is 246 g/mol. The van der Waals surface area contributed by atoms with Gasteiger partial charge in [-0.2, -0.15) is 0 Å². The van der Waals surface area contributed by atoms with E-state index in [1.807, 2.05) is 6.07 Å². The van der Waals surface area contributed by atoms with Crippen LogP contribution in [-0.2, 0) is 13.0 Å². The first-order chi connectivity index (χ1) is 8.84. The molecule has 18 heavy (non-hydrogen) atoms. The van der Waals surface area contributed by atoms with Crippen molar-refractivity contribution in [2.45, 2.75) is 13.0 Å². The minimum Gasteiger partial charge on any atom is -0.354 e. The Morgan fingerprint density at radius 1 is 1.22 bits per heavy atom. The van der Waals surface area contributed by atoms with Gasteiger partial charge in [0.2, 0.25) is 0 Å². The average Bonchev–Trinajstić information content (AvgIpc) is 2.42. The van der Waals surface area contributed by atoms with E-state index in [0.29, 0.717) is 5.02 Å². The SMILES string of the molecule is Clc1cnccc1Nc1cccc2c1CCNC2. The summed E-state index contributed by atoms with van der Waals surface area (Å²) < 4.78 is 0. The monoisotopic (exact) mass is 259 g/mol. The van der Waals surface area contributed by atoms with E-state index in [0.717, 1.165) is 30.9 Å². The smallest absolute Gasteiger partial charge is 0.0824 e. The molecule has 2 aromatic rings. The summed E-state index contributed by atoms with van der Waals surface area (Å²) in [4.78, 5) is 3.99. The third kappa shape index (κ3) is 2.19. The standard InChI is InChI=1S/C14H14ClN3/c15-12-9-17-7-5-14(12)18-13-3-1-2-10-8-16-6-4-11(10)13/h1-3,5,7,9,16H,4,6,8H2,(H,17,18). The van der Waals surface area contributed by atoms with Gasteiger partial charge in [0.15, 0.2) is 0 Å². The van der Waals surface area contributed by atoms with E-state index < -0.39 is 0 Å². The summed E-state index contributed by atoms with van der Waals surface area (Å²) in [5.41, 5.74) is 4.78. The number of aromatic nitrogens is 1. The Hall–Kier alpha value is -1.58. The predicted octanol–water partition coefficient (Wildman–Crippen LogP) is 3.12. The molecule has 1 aliphatic rings. The van der Waals surface area contributed by atoms with Crippen molar-refractivity contribution in [3.8, 4) is 0 Å². The number of hydrogen-bond acceptors (Lipinski definition) is 3. The summed E-state index contributed by atoms with van der Waals surface area (Å²) in [6.45, 7) is 1.96. The van der Waals surface area contributed by atoms with E-state index >= 15 is 0 Å². The Kier molecular flexibility index (Phi) is 3.17. The molecule has 0 spiro atoms. The highest BCUT2D eigenvalue weighted by Crippen LogP contribution is 2.29. The van der Waals surface area contributed by atoms with Crippen LogP contribution in [0.4, 0.5) is 11.4 Å². The van der Waals surface area contributed by atoms with E-state index in [2.05, 4.69) is 33.8 Å². The minimum atomic E-state index is 0.643. The first-order valence-corrected chi connectivity index (χ1v) is 6.40. The molecule has 0 amide bonds. The number of fused-ring (bicyclic) bond motifs is 1. The number of halogens is 1. The molecule has 0 saturated carbocycles. The van der Waals surface area contributed by atoms with Crippen molar-refractivity contribution in [2.24, 2.45) is 0 Å². The Morgan fingerprint density at radius 2 is 2.17 bits per heavy atom. The summed E-state index contributed by atoms with van der Waals surface area (Å²) in [6, 6.07) is 8.23. The lowest BCUT2D eigenvalue weighted by molar-refractivity contribution is 0.645. The van der Waals surface area contributed by atoms with Crippen LogP contribution in [0.1, 0.15) is 11.1 Å². The average molecular weight is 260 g/mol. The van der Waals surface area contributed by atoms with Gasteiger partial charge in [0.25, 0.3) is 0 Å². The van der Waals surface area contributed by atoms with Gasteiger partial charge in [-0.25, -0.2) is 0 Å². The summed E-state index contributed by atoms with van der Waals surface area (Å²) in [5, 5.41) is 7.42. The summed E-state index contributed by atoms with van der Waals surface area (Å²) in [6.07, 6.45) is 4.44. The van der Waals surface area contributed by atoms with Crippen molar-refractivity contribution in [1.82, 2.24) is 10.3 Å². The lowest BCUT2D eigenvalue weighted by atomic mass is 9.99. The molecule has 0 radical (unpaired) electrons. The van der Waals surface area contributed by atoms with Crippen LogP contribution in [0.5, 0.6) is 0 Å². The van der Waals surface area contributed by atoms with Gasteiger partial charge in [0.05, 0.1) is 10.7 Å². The molecule has 3 nitrogen and oxygen atoms in total. The zero-order valence-corrected chi connectivity index (χ0v) is 10.7. The normalized spacial score (nSPS) is 14.1. The number of anilines is 2. The third-order valence-corrected chi connectivity index (χ3v) is 3.48. The number of nitrogens with zero attached hydrogens (tertiary/aromatic N) is 1. The van der Waals surface area contributed by atoms with E-state index in [4.69, 9.17) is 11.6 Å². The van der Waals surface area contributed by atoms with Gasteiger partial charge in [-0.15, -0.1) is 0 Å². The molecular formula is C14H14ClN3. The van der Waals surface area contributed by atoms with Crippen LogP contribution in [-0.4, -0.2) is 11.5 Å². The zero-order chi connectivity index (χ0) is 12.4. The zero-order valence-electron chi connectivity index (χ0n) is 9.91. The Morgan fingerprint density at radius 3 is 3.06 bits per heavy atom. The molecule has 0 bridgehead atoms. The lowest BCUT2D eigenvalue weighted by Crippen LogP contribution is -2.24. The van der Waals surface area contributed by atoms with Gasteiger partial charge in [-0.1, -0.05) is 23.7 Å². The molecule has 0 unspecified atom stereocenters. The molecule has 2 heterocycles. The van der Waals surface area contributed by atoms with Crippen LogP contribution in [0.3, 0.4) is 0 Å². The maximum absolute atomic E-state index is 6.12. The maximum atomic E-state index is 6.12. The first kappa shape index (κ1) is 11.5. The van der Waals surface area contributed by atoms with Gasteiger partial charge >= 0.3 is 0 Å². The largest absolute Gasteiger partial charge is 0.354 e.